The SMILES string of the molecule is Cc1ccc([N+](=O)[O-])c(NC(=O)COC(=O)C2(c3ccc(Cl)cc3)CCCC2)c1C. The monoisotopic (exact) mass is 430 g/mol. The van der Waals surface area contributed by atoms with Gasteiger partial charge in [-0.1, -0.05) is 42.6 Å². The van der Waals surface area contributed by atoms with Gasteiger partial charge in [-0.15, -0.1) is 0 Å². The second-order valence-electron chi connectivity index (χ2n) is 7.58. The van der Waals surface area contributed by atoms with Crippen LogP contribution in [-0.2, 0) is 19.7 Å². The van der Waals surface area contributed by atoms with Crippen LogP contribution >= 0.6 is 11.6 Å². The van der Waals surface area contributed by atoms with Gasteiger partial charge in [-0.25, -0.2) is 0 Å². The summed E-state index contributed by atoms with van der Waals surface area (Å²) in [7, 11) is 0. The molecule has 2 aromatic carbocycles. The lowest BCUT2D eigenvalue weighted by Gasteiger charge is -2.27. The quantitative estimate of drug-likeness (QED) is 0.401. The Labute approximate surface area is 179 Å². The molecule has 0 bridgehead atoms. The van der Waals surface area contributed by atoms with Crippen LogP contribution in [0.1, 0.15) is 42.4 Å². The third kappa shape index (κ3) is 4.31. The molecule has 1 fully saturated rings. The summed E-state index contributed by atoms with van der Waals surface area (Å²) in [5.41, 5.74) is 1.34. The van der Waals surface area contributed by atoms with Crippen LogP contribution in [0.3, 0.4) is 0 Å². The first-order chi connectivity index (χ1) is 14.2. The van der Waals surface area contributed by atoms with E-state index in [-0.39, 0.29) is 11.4 Å². The van der Waals surface area contributed by atoms with E-state index in [2.05, 4.69) is 5.32 Å². The van der Waals surface area contributed by atoms with Crippen LogP contribution < -0.4 is 5.32 Å². The number of hydrogen-bond donors (Lipinski definition) is 1. The summed E-state index contributed by atoms with van der Waals surface area (Å²) < 4.78 is 5.36. The van der Waals surface area contributed by atoms with Gasteiger partial charge in [0.05, 0.1) is 10.3 Å². The van der Waals surface area contributed by atoms with Crippen molar-refractivity contribution in [3.05, 3.63) is 68.2 Å². The topological polar surface area (TPSA) is 98.5 Å². The Morgan fingerprint density at radius 1 is 1.13 bits per heavy atom. The van der Waals surface area contributed by atoms with Gasteiger partial charge in [0.1, 0.15) is 5.69 Å². The zero-order valence-electron chi connectivity index (χ0n) is 16.9. The highest BCUT2D eigenvalue weighted by atomic mass is 35.5. The average molecular weight is 431 g/mol. The molecule has 0 spiro atoms. The van der Waals surface area contributed by atoms with Crippen molar-refractivity contribution in [1.82, 2.24) is 0 Å². The first-order valence-corrected chi connectivity index (χ1v) is 10.1. The number of rotatable bonds is 6. The summed E-state index contributed by atoms with van der Waals surface area (Å²) in [6.45, 7) is 2.97. The molecule has 1 aliphatic carbocycles. The number of nitro benzene ring substituents is 1. The average Bonchev–Trinajstić information content (AvgIpc) is 3.21. The van der Waals surface area contributed by atoms with Crippen LogP contribution in [-0.4, -0.2) is 23.4 Å². The maximum absolute atomic E-state index is 13.0. The van der Waals surface area contributed by atoms with Gasteiger partial charge in [0.2, 0.25) is 0 Å². The van der Waals surface area contributed by atoms with E-state index in [1.54, 1.807) is 32.0 Å². The van der Waals surface area contributed by atoms with E-state index in [4.69, 9.17) is 16.3 Å². The Morgan fingerprint density at radius 3 is 2.37 bits per heavy atom. The lowest BCUT2D eigenvalue weighted by Crippen LogP contribution is -2.36. The van der Waals surface area contributed by atoms with E-state index in [9.17, 15) is 19.7 Å². The zero-order chi connectivity index (χ0) is 21.9. The maximum Gasteiger partial charge on any atom is 0.317 e. The number of carbonyl (C=O) groups is 2. The molecule has 1 N–H and O–H groups in total. The first-order valence-electron chi connectivity index (χ1n) is 9.72. The van der Waals surface area contributed by atoms with Gasteiger partial charge in [-0.05, 0) is 55.5 Å². The molecular formula is C22H23ClN2O5. The van der Waals surface area contributed by atoms with Crippen LogP contribution in [0.15, 0.2) is 36.4 Å². The molecule has 158 valence electrons. The number of halogens is 1. The molecule has 8 heteroatoms. The smallest absolute Gasteiger partial charge is 0.317 e. The molecular weight excluding hydrogens is 408 g/mol. The van der Waals surface area contributed by atoms with E-state index in [0.717, 1.165) is 24.0 Å². The second kappa shape index (κ2) is 8.83. The number of aryl methyl sites for hydroxylation is 1. The standard InChI is InChI=1S/C22H23ClN2O5/c1-14-5-10-18(25(28)29)20(15(14)2)24-19(26)13-30-21(27)22(11-3-4-12-22)16-6-8-17(23)9-7-16/h5-10H,3-4,11-13H2,1-2H3,(H,24,26). The molecule has 1 aliphatic rings. The number of nitrogens with one attached hydrogen (secondary N) is 1. The van der Waals surface area contributed by atoms with Crippen molar-refractivity contribution >= 4 is 34.9 Å². The summed E-state index contributed by atoms with van der Waals surface area (Å²) in [5, 5.41) is 14.4. The summed E-state index contributed by atoms with van der Waals surface area (Å²) in [6, 6.07) is 10.1. The predicted octanol–water partition coefficient (Wildman–Crippen LogP) is 4.86. The van der Waals surface area contributed by atoms with Crippen molar-refractivity contribution in [1.29, 1.82) is 0 Å². The number of anilines is 1. The van der Waals surface area contributed by atoms with E-state index in [1.165, 1.54) is 6.07 Å². The Kier molecular flexibility index (Phi) is 6.41. The summed E-state index contributed by atoms with van der Waals surface area (Å²) in [6.07, 6.45) is 3.05. The van der Waals surface area contributed by atoms with Gasteiger partial charge in [-0.3, -0.25) is 19.7 Å². The minimum atomic E-state index is -0.796. The largest absolute Gasteiger partial charge is 0.455 e. The van der Waals surface area contributed by atoms with Crippen molar-refractivity contribution in [3.8, 4) is 0 Å². The molecule has 0 aromatic heterocycles. The van der Waals surface area contributed by atoms with Gasteiger partial charge < -0.3 is 10.1 Å². The van der Waals surface area contributed by atoms with Gasteiger partial charge in [0.15, 0.2) is 6.61 Å². The Balaban J connectivity index is 1.73. The molecule has 0 unspecified atom stereocenters. The lowest BCUT2D eigenvalue weighted by atomic mass is 9.79. The molecule has 30 heavy (non-hydrogen) atoms. The molecule has 2 aromatic rings. The fraction of sp³-hybridized carbons (Fsp3) is 0.364. The molecule has 0 radical (unpaired) electrons. The van der Waals surface area contributed by atoms with Crippen molar-refractivity contribution in [2.75, 3.05) is 11.9 Å². The number of ether oxygens (including phenoxy) is 1. The summed E-state index contributed by atoms with van der Waals surface area (Å²) >= 11 is 5.96. The van der Waals surface area contributed by atoms with Gasteiger partial charge >= 0.3 is 5.97 Å². The highest BCUT2D eigenvalue weighted by Gasteiger charge is 2.44. The lowest BCUT2D eigenvalue weighted by molar-refractivity contribution is -0.384. The molecule has 0 heterocycles. The number of esters is 1. The van der Waals surface area contributed by atoms with Gasteiger partial charge in [0, 0.05) is 11.1 Å². The van der Waals surface area contributed by atoms with Crippen molar-refractivity contribution in [3.63, 3.8) is 0 Å². The maximum atomic E-state index is 13.0. The van der Waals surface area contributed by atoms with E-state index < -0.39 is 28.8 Å². The molecule has 0 atom stereocenters. The normalized spacial score (nSPS) is 14.9. The minimum absolute atomic E-state index is 0.120. The first kappa shape index (κ1) is 21.8. The molecule has 1 saturated carbocycles. The van der Waals surface area contributed by atoms with Crippen molar-refractivity contribution in [2.24, 2.45) is 0 Å². The number of hydrogen-bond acceptors (Lipinski definition) is 5. The van der Waals surface area contributed by atoms with Crippen LogP contribution in [0.5, 0.6) is 0 Å². The highest BCUT2D eigenvalue weighted by Crippen LogP contribution is 2.42. The fourth-order valence-corrected chi connectivity index (χ4v) is 4.04. The zero-order valence-corrected chi connectivity index (χ0v) is 17.6. The molecule has 1 amide bonds. The van der Waals surface area contributed by atoms with Gasteiger partial charge in [0.25, 0.3) is 11.6 Å². The number of amides is 1. The van der Waals surface area contributed by atoms with E-state index in [0.29, 0.717) is 23.4 Å². The second-order valence-corrected chi connectivity index (χ2v) is 8.02. The van der Waals surface area contributed by atoms with Crippen molar-refractivity contribution in [2.45, 2.75) is 44.9 Å². The number of carbonyl (C=O) groups excluding carboxylic acids is 2. The van der Waals surface area contributed by atoms with Crippen LogP contribution in [0.25, 0.3) is 0 Å². The van der Waals surface area contributed by atoms with E-state index >= 15 is 0 Å². The Hall–Kier alpha value is -2.93. The fourth-order valence-electron chi connectivity index (χ4n) is 3.91. The third-order valence-electron chi connectivity index (χ3n) is 5.75. The number of benzene rings is 2. The third-order valence-corrected chi connectivity index (χ3v) is 6.01. The van der Waals surface area contributed by atoms with Crippen LogP contribution in [0, 0.1) is 24.0 Å². The van der Waals surface area contributed by atoms with E-state index in [1.807, 2.05) is 12.1 Å². The molecule has 3 rings (SSSR count). The van der Waals surface area contributed by atoms with Crippen LogP contribution in [0.4, 0.5) is 11.4 Å². The molecule has 0 saturated heterocycles. The molecule has 7 nitrogen and oxygen atoms in total. The van der Waals surface area contributed by atoms with Gasteiger partial charge in [-0.2, -0.15) is 0 Å². The molecule has 0 aliphatic heterocycles. The highest BCUT2D eigenvalue weighted by molar-refractivity contribution is 6.30. The Morgan fingerprint density at radius 2 is 1.77 bits per heavy atom. The number of nitro groups is 1. The Bertz CT molecular complexity index is 982. The minimum Gasteiger partial charge on any atom is -0.455 e. The summed E-state index contributed by atoms with van der Waals surface area (Å²) in [5.74, 6) is -1.09. The number of nitrogens with zero attached hydrogens (tertiary/aromatic N) is 1. The summed E-state index contributed by atoms with van der Waals surface area (Å²) in [4.78, 5) is 36.1. The van der Waals surface area contributed by atoms with Crippen LogP contribution in [0.2, 0.25) is 5.02 Å². The predicted molar refractivity (Wildman–Crippen MR) is 114 cm³/mol. The van der Waals surface area contributed by atoms with Crippen molar-refractivity contribution < 1.29 is 19.2 Å².